The van der Waals surface area contributed by atoms with Crippen molar-refractivity contribution in [2.75, 3.05) is 18.5 Å². The molecule has 0 saturated heterocycles. The van der Waals surface area contributed by atoms with Crippen LogP contribution in [0.1, 0.15) is 37.0 Å². The zero-order valence-corrected chi connectivity index (χ0v) is 16.0. The van der Waals surface area contributed by atoms with Crippen molar-refractivity contribution in [3.05, 3.63) is 54.1 Å². The number of nitrogens with zero attached hydrogens (tertiary/aromatic N) is 2. The summed E-state index contributed by atoms with van der Waals surface area (Å²) in [7, 11) is 0. The topological polar surface area (TPSA) is 86.5 Å². The molecule has 0 atom stereocenters. The van der Waals surface area contributed by atoms with Crippen molar-refractivity contribution in [2.45, 2.75) is 26.7 Å². The molecular weight excluding hydrogens is 358 g/mol. The minimum Gasteiger partial charge on any atom is -0.494 e. The lowest BCUT2D eigenvalue weighted by Crippen LogP contribution is -2.12. The van der Waals surface area contributed by atoms with Gasteiger partial charge in [0.1, 0.15) is 11.5 Å². The van der Waals surface area contributed by atoms with Crippen molar-refractivity contribution in [3.8, 4) is 22.8 Å². The van der Waals surface area contributed by atoms with Crippen LogP contribution in [0.3, 0.4) is 0 Å². The number of aromatic nitrogens is 2. The molecular formula is C21H23N3O4. The highest BCUT2D eigenvalue weighted by atomic mass is 16.6. The molecule has 3 aromatic rings. The Hall–Kier alpha value is -3.35. The Morgan fingerprint density at radius 2 is 1.64 bits per heavy atom. The lowest BCUT2D eigenvalue weighted by molar-refractivity contribution is 0.102. The highest BCUT2D eigenvalue weighted by Crippen LogP contribution is 2.26. The van der Waals surface area contributed by atoms with E-state index in [-0.39, 0.29) is 11.7 Å². The third kappa shape index (κ3) is 4.88. The molecule has 3 rings (SSSR count). The van der Waals surface area contributed by atoms with E-state index in [9.17, 15) is 4.79 Å². The van der Waals surface area contributed by atoms with Gasteiger partial charge in [0.05, 0.1) is 13.2 Å². The fourth-order valence-corrected chi connectivity index (χ4v) is 2.55. The Labute approximate surface area is 163 Å². The Kier molecular flexibility index (Phi) is 6.62. The molecule has 0 unspecified atom stereocenters. The van der Waals surface area contributed by atoms with E-state index in [2.05, 4.69) is 22.6 Å². The van der Waals surface area contributed by atoms with E-state index in [1.807, 2.05) is 31.2 Å². The first-order chi connectivity index (χ1) is 13.7. The van der Waals surface area contributed by atoms with Crippen LogP contribution in [0.2, 0.25) is 0 Å². The monoisotopic (exact) mass is 381 g/mol. The molecule has 0 saturated carbocycles. The highest BCUT2D eigenvalue weighted by Gasteiger charge is 2.16. The maximum Gasteiger partial charge on any atom is 0.256 e. The van der Waals surface area contributed by atoms with Gasteiger partial charge in [-0.25, -0.2) is 4.63 Å². The van der Waals surface area contributed by atoms with Gasteiger partial charge in [-0.15, -0.1) is 0 Å². The lowest BCUT2D eigenvalue weighted by atomic mass is 10.1. The molecule has 2 aromatic carbocycles. The number of ether oxygens (including phenoxy) is 2. The first-order valence-electron chi connectivity index (χ1n) is 9.31. The molecule has 7 nitrogen and oxygen atoms in total. The van der Waals surface area contributed by atoms with Crippen LogP contribution in [0.25, 0.3) is 11.3 Å². The molecule has 0 spiro atoms. The number of anilines is 1. The summed E-state index contributed by atoms with van der Waals surface area (Å²) in [6.07, 6.45) is 2.07. The molecule has 0 fully saturated rings. The summed E-state index contributed by atoms with van der Waals surface area (Å²) >= 11 is 0. The zero-order chi connectivity index (χ0) is 19.8. The first kappa shape index (κ1) is 19.4. The summed E-state index contributed by atoms with van der Waals surface area (Å²) in [6.45, 7) is 5.29. The largest absolute Gasteiger partial charge is 0.494 e. The van der Waals surface area contributed by atoms with Gasteiger partial charge in [0.25, 0.3) is 5.91 Å². The molecule has 0 aliphatic carbocycles. The predicted molar refractivity (Wildman–Crippen MR) is 106 cm³/mol. The highest BCUT2D eigenvalue weighted by molar-refractivity contribution is 6.05. The molecule has 0 bridgehead atoms. The summed E-state index contributed by atoms with van der Waals surface area (Å²) < 4.78 is 15.9. The molecule has 0 aliphatic heterocycles. The molecule has 0 radical (unpaired) electrons. The van der Waals surface area contributed by atoms with E-state index < -0.39 is 0 Å². The maximum absolute atomic E-state index is 12.5. The van der Waals surface area contributed by atoms with Crippen LogP contribution in [0.5, 0.6) is 11.5 Å². The number of carbonyl (C=O) groups is 1. The van der Waals surface area contributed by atoms with Crippen LogP contribution in [0.15, 0.2) is 53.2 Å². The molecule has 0 aliphatic rings. The second-order valence-electron chi connectivity index (χ2n) is 6.10. The van der Waals surface area contributed by atoms with Gasteiger partial charge in [-0.1, -0.05) is 13.3 Å². The molecule has 1 heterocycles. The molecule has 1 amide bonds. The Morgan fingerprint density at radius 1 is 0.964 bits per heavy atom. The third-order valence-corrected chi connectivity index (χ3v) is 4.04. The molecule has 28 heavy (non-hydrogen) atoms. The standard InChI is InChI=1S/C21H23N3O4/c1-3-5-14-27-18-12-8-16(9-13-18)21(25)22-20-19(23-28-24-20)15-6-10-17(11-7-15)26-4-2/h6-13H,3-5,14H2,1-2H3,(H,22,24,25). The van der Waals surface area contributed by atoms with Gasteiger partial charge in [0.15, 0.2) is 5.69 Å². The average molecular weight is 381 g/mol. The number of unbranched alkanes of at least 4 members (excludes halogenated alkanes) is 1. The van der Waals surface area contributed by atoms with Gasteiger partial charge < -0.3 is 14.8 Å². The van der Waals surface area contributed by atoms with Crippen molar-refractivity contribution < 1.29 is 18.9 Å². The summed E-state index contributed by atoms with van der Waals surface area (Å²) in [4.78, 5) is 12.5. The van der Waals surface area contributed by atoms with Crippen molar-refractivity contribution in [1.29, 1.82) is 0 Å². The summed E-state index contributed by atoms with van der Waals surface area (Å²) in [5.41, 5.74) is 1.71. The molecule has 146 valence electrons. The van der Waals surface area contributed by atoms with Gasteiger partial charge in [-0.3, -0.25) is 4.79 Å². The zero-order valence-electron chi connectivity index (χ0n) is 16.0. The van der Waals surface area contributed by atoms with Crippen molar-refractivity contribution in [2.24, 2.45) is 0 Å². The first-order valence-corrected chi connectivity index (χ1v) is 9.31. The van der Waals surface area contributed by atoms with E-state index in [0.717, 1.165) is 29.9 Å². The minimum absolute atomic E-state index is 0.262. The van der Waals surface area contributed by atoms with Crippen LogP contribution in [-0.4, -0.2) is 29.4 Å². The van der Waals surface area contributed by atoms with Crippen molar-refractivity contribution in [1.82, 2.24) is 10.3 Å². The molecule has 1 aromatic heterocycles. The average Bonchev–Trinajstić information content (AvgIpc) is 3.17. The number of rotatable bonds is 9. The number of hydrogen-bond acceptors (Lipinski definition) is 6. The Morgan fingerprint density at radius 3 is 2.32 bits per heavy atom. The van der Waals surface area contributed by atoms with E-state index in [1.165, 1.54) is 0 Å². The smallest absolute Gasteiger partial charge is 0.256 e. The number of nitrogens with one attached hydrogen (secondary N) is 1. The van der Waals surface area contributed by atoms with E-state index in [4.69, 9.17) is 14.1 Å². The van der Waals surface area contributed by atoms with Crippen LogP contribution >= 0.6 is 0 Å². The number of hydrogen-bond donors (Lipinski definition) is 1. The Bertz CT molecular complexity index is 889. The van der Waals surface area contributed by atoms with Gasteiger partial charge in [0, 0.05) is 11.1 Å². The van der Waals surface area contributed by atoms with Crippen LogP contribution in [0.4, 0.5) is 5.82 Å². The van der Waals surface area contributed by atoms with E-state index in [0.29, 0.717) is 24.5 Å². The van der Waals surface area contributed by atoms with E-state index in [1.54, 1.807) is 24.3 Å². The molecule has 1 N–H and O–H groups in total. The van der Waals surface area contributed by atoms with E-state index >= 15 is 0 Å². The number of carbonyl (C=O) groups excluding carboxylic acids is 1. The summed E-state index contributed by atoms with van der Waals surface area (Å²) in [6, 6.07) is 14.3. The van der Waals surface area contributed by atoms with Crippen LogP contribution in [-0.2, 0) is 0 Å². The predicted octanol–water partition coefficient (Wildman–Crippen LogP) is 4.57. The third-order valence-electron chi connectivity index (χ3n) is 4.04. The number of benzene rings is 2. The van der Waals surface area contributed by atoms with Gasteiger partial charge in [-0.05, 0) is 72.2 Å². The Balaban J connectivity index is 1.67. The molecule has 7 heteroatoms. The number of amides is 1. The second kappa shape index (κ2) is 9.55. The van der Waals surface area contributed by atoms with Crippen LogP contribution in [0, 0.1) is 0 Å². The maximum atomic E-state index is 12.5. The fraction of sp³-hybridized carbons (Fsp3) is 0.286. The summed E-state index contributed by atoms with van der Waals surface area (Å²) in [5.74, 6) is 1.46. The quantitative estimate of drug-likeness (QED) is 0.547. The fourth-order valence-electron chi connectivity index (χ4n) is 2.55. The normalized spacial score (nSPS) is 10.5. The van der Waals surface area contributed by atoms with Gasteiger partial charge >= 0.3 is 0 Å². The lowest BCUT2D eigenvalue weighted by Gasteiger charge is -2.07. The summed E-state index contributed by atoms with van der Waals surface area (Å²) in [5, 5.41) is 10.5. The minimum atomic E-state index is -0.303. The van der Waals surface area contributed by atoms with Crippen LogP contribution < -0.4 is 14.8 Å². The van der Waals surface area contributed by atoms with Crippen molar-refractivity contribution >= 4 is 11.7 Å². The van der Waals surface area contributed by atoms with Gasteiger partial charge in [-0.2, -0.15) is 0 Å². The van der Waals surface area contributed by atoms with Crippen molar-refractivity contribution in [3.63, 3.8) is 0 Å². The second-order valence-corrected chi connectivity index (χ2v) is 6.10. The van der Waals surface area contributed by atoms with Gasteiger partial charge in [0.2, 0.25) is 5.82 Å². The SMILES string of the molecule is CCCCOc1ccc(C(=O)Nc2nonc2-c2ccc(OCC)cc2)cc1.